The van der Waals surface area contributed by atoms with Gasteiger partial charge in [0, 0.05) is 31.0 Å². The first-order chi connectivity index (χ1) is 13.0. The van der Waals surface area contributed by atoms with Gasteiger partial charge in [-0.25, -0.2) is 4.79 Å². The summed E-state index contributed by atoms with van der Waals surface area (Å²) in [6.07, 6.45) is 0.433. The number of hydrogen-bond donors (Lipinski definition) is 2. The van der Waals surface area contributed by atoms with Crippen LogP contribution in [0.5, 0.6) is 5.75 Å². The van der Waals surface area contributed by atoms with Crippen LogP contribution in [0.1, 0.15) is 19.4 Å². The van der Waals surface area contributed by atoms with Crippen molar-refractivity contribution in [3.63, 3.8) is 0 Å². The maximum absolute atomic E-state index is 12.1. The molecule has 27 heavy (non-hydrogen) atoms. The monoisotopic (exact) mass is 369 g/mol. The number of benzene rings is 2. The third-order valence-electron chi connectivity index (χ3n) is 4.50. The SMILES string of the molecule is COc1cccc(CNC(=O)Nc2ccc(N3CC(C)OC(C)C3)cc2)c1. The minimum Gasteiger partial charge on any atom is -0.497 e. The third kappa shape index (κ3) is 5.37. The number of carbonyl (C=O) groups is 1. The fourth-order valence-corrected chi connectivity index (χ4v) is 3.28. The number of amides is 2. The maximum Gasteiger partial charge on any atom is 0.319 e. The van der Waals surface area contributed by atoms with Gasteiger partial charge in [0.15, 0.2) is 0 Å². The quantitative estimate of drug-likeness (QED) is 0.845. The predicted molar refractivity (Wildman–Crippen MR) is 108 cm³/mol. The first kappa shape index (κ1) is 19.0. The molecule has 6 nitrogen and oxygen atoms in total. The first-order valence-corrected chi connectivity index (χ1v) is 9.22. The lowest BCUT2D eigenvalue weighted by Gasteiger charge is -2.36. The van der Waals surface area contributed by atoms with Gasteiger partial charge in [0.05, 0.1) is 19.3 Å². The van der Waals surface area contributed by atoms with Gasteiger partial charge in [-0.15, -0.1) is 0 Å². The molecule has 2 aromatic rings. The van der Waals surface area contributed by atoms with Crippen LogP contribution in [0.2, 0.25) is 0 Å². The molecule has 2 aromatic carbocycles. The van der Waals surface area contributed by atoms with Gasteiger partial charge in [-0.1, -0.05) is 12.1 Å². The second kappa shape index (κ2) is 8.77. The Morgan fingerprint density at radius 2 is 1.85 bits per heavy atom. The summed E-state index contributed by atoms with van der Waals surface area (Å²) in [7, 11) is 1.63. The molecule has 1 heterocycles. The van der Waals surface area contributed by atoms with E-state index in [-0.39, 0.29) is 18.2 Å². The highest BCUT2D eigenvalue weighted by molar-refractivity contribution is 5.89. The van der Waals surface area contributed by atoms with E-state index < -0.39 is 0 Å². The third-order valence-corrected chi connectivity index (χ3v) is 4.50. The molecule has 0 bridgehead atoms. The van der Waals surface area contributed by atoms with Gasteiger partial charge in [0.25, 0.3) is 0 Å². The van der Waals surface area contributed by atoms with Gasteiger partial charge < -0.3 is 25.0 Å². The fourth-order valence-electron chi connectivity index (χ4n) is 3.28. The molecule has 0 saturated carbocycles. The highest BCUT2D eigenvalue weighted by atomic mass is 16.5. The molecule has 144 valence electrons. The van der Waals surface area contributed by atoms with Crippen molar-refractivity contribution in [1.29, 1.82) is 0 Å². The lowest BCUT2D eigenvalue weighted by atomic mass is 10.2. The molecule has 3 rings (SSSR count). The van der Waals surface area contributed by atoms with Crippen molar-refractivity contribution < 1.29 is 14.3 Å². The standard InChI is InChI=1S/C21H27N3O3/c1-15-13-24(14-16(2)27-15)19-9-7-18(8-10-19)23-21(25)22-12-17-5-4-6-20(11-17)26-3/h4-11,15-16H,12-14H2,1-3H3,(H2,22,23,25). The minimum atomic E-state index is -0.237. The van der Waals surface area contributed by atoms with Crippen molar-refractivity contribution in [2.75, 3.05) is 30.4 Å². The van der Waals surface area contributed by atoms with E-state index in [2.05, 4.69) is 29.4 Å². The van der Waals surface area contributed by atoms with Crippen molar-refractivity contribution in [2.24, 2.45) is 0 Å². The van der Waals surface area contributed by atoms with Gasteiger partial charge in [-0.2, -0.15) is 0 Å². The molecule has 0 aliphatic carbocycles. The number of rotatable bonds is 5. The summed E-state index contributed by atoms with van der Waals surface area (Å²) >= 11 is 0. The number of methoxy groups -OCH3 is 1. The summed E-state index contributed by atoms with van der Waals surface area (Å²) in [5.74, 6) is 0.775. The first-order valence-electron chi connectivity index (χ1n) is 9.22. The summed E-state index contributed by atoms with van der Waals surface area (Å²) < 4.78 is 11.0. The lowest BCUT2D eigenvalue weighted by Crippen LogP contribution is -2.45. The maximum atomic E-state index is 12.1. The fraction of sp³-hybridized carbons (Fsp3) is 0.381. The normalized spacial score (nSPS) is 19.4. The molecular weight excluding hydrogens is 342 g/mol. The molecule has 1 saturated heterocycles. The average Bonchev–Trinajstić information content (AvgIpc) is 2.66. The van der Waals surface area contributed by atoms with Crippen molar-refractivity contribution >= 4 is 17.4 Å². The van der Waals surface area contributed by atoms with Gasteiger partial charge in [-0.3, -0.25) is 0 Å². The number of anilines is 2. The largest absolute Gasteiger partial charge is 0.497 e. The smallest absolute Gasteiger partial charge is 0.319 e. The van der Waals surface area contributed by atoms with Crippen LogP contribution in [0.25, 0.3) is 0 Å². The van der Waals surface area contributed by atoms with E-state index in [0.717, 1.165) is 35.8 Å². The van der Waals surface area contributed by atoms with E-state index in [4.69, 9.17) is 9.47 Å². The van der Waals surface area contributed by atoms with E-state index in [1.165, 1.54) is 0 Å². The molecule has 1 aliphatic heterocycles. The number of ether oxygens (including phenoxy) is 2. The van der Waals surface area contributed by atoms with Crippen LogP contribution in [0, 0.1) is 0 Å². The Bertz CT molecular complexity index is 754. The number of morpholine rings is 1. The second-order valence-electron chi connectivity index (χ2n) is 6.87. The highest BCUT2D eigenvalue weighted by Crippen LogP contribution is 2.22. The van der Waals surface area contributed by atoms with Crippen LogP contribution >= 0.6 is 0 Å². The average molecular weight is 369 g/mol. The Morgan fingerprint density at radius 3 is 2.52 bits per heavy atom. The molecule has 2 N–H and O–H groups in total. The van der Waals surface area contributed by atoms with Gasteiger partial charge in [0.2, 0.25) is 0 Å². The van der Waals surface area contributed by atoms with E-state index >= 15 is 0 Å². The summed E-state index contributed by atoms with van der Waals surface area (Å²) in [6.45, 7) is 6.36. The van der Waals surface area contributed by atoms with Crippen molar-refractivity contribution in [3.8, 4) is 5.75 Å². The van der Waals surface area contributed by atoms with Crippen LogP contribution in [-0.2, 0) is 11.3 Å². The summed E-state index contributed by atoms with van der Waals surface area (Å²) in [5.41, 5.74) is 2.88. The van der Waals surface area contributed by atoms with E-state index in [0.29, 0.717) is 6.54 Å². The Kier molecular flexibility index (Phi) is 6.19. The van der Waals surface area contributed by atoms with Crippen molar-refractivity contribution in [1.82, 2.24) is 5.32 Å². The zero-order valence-corrected chi connectivity index (χ0v) is 16.1. The van der Waals surface area contributed by atoms with Gasteiger partial charge in [0.1, 0.15) is 5.75 Å². The topological polar surface area (TPSA) is 62.8 Å². The Labute approximate surface area is 160 Å². The number of nitrogens with zero attached hydrogens (tertiary/aromatic N) is 1. The van der Waals surface area contributed by atoms with Crippen LogP contribution < -0.4 is 20.3 Å². The Balaban J connectivity index is 1.52. The lowest BCUT2D eigenvalue weighted by molar-refractivity contribution is -0.00521. The molecule has 6 heteroatoms. The number of urea groups is 1. The molecule has 2 amide bonds. The van der Waals surface area contributed by atoms with E-state index in [9.17, 15) is 4.79 Å². The predicted octanol–water partition coefficient (Wildman–Crippen LogP) is 3.63. The van der Waals surface area contributed by atoms with Crippen molar-refractivity contribution in [3.05, 3.63) is 54.1 Å². The highest BCUT2D eigenvalue weighted by Gasteiger charge is 2.22. The van der Waals surface area contributed by atoms with Gasteiger partial charge >= 0.3 is 6.03 Å². The summed E-state index contributed by atoms with van der Waals surface area (Å²) in [6, 6.07) is 15.3. The van der Waals surface area contributed by atoms with Gasteiger partial charge in [-0.05, 0) is 55.8 Å². The number of nitrogens with one attached hydrogen (secondary N) is 2. The molecule has 1 aliphatic rings. The molecule has 0 radical (unpaired) electrons. The van der Waals surface area contributed by atoms with Crippen LogP contribution in [0.4, 0.5) is 16.2 Å². The Hall–Kier alpha value is -2.73. The second-order valence-corrected chi connectivity index (χ2v) is 6.87. The Morgan fingerprint density at radius 1 is 1.15 bits per heavy atom. The van der Waals surface area contributed by atoms with Crippen LogP contribution in [-0.4, -0.2) is 38.4 Å². The minimum absolute atomic E-state index is 0.217. The van der Waals surface area contributed by atoms with Crippen molar-refractivity contribution in [2.45, 2.75) is 32.6 Å². The molecule has 2 atom stereocenters. The summed E-state index contributed by atoms with van der Waals surface area (Å²) in [4.78, 5) is 14.4. The zero-order valence-electron chi connectivity index (χ0n) is 16.1. The van der Waals surface area contributed by atoms with E-state index in [1.54, 1.807) is 7.11 Å². The number of carbonyl (C=O) groups excluding carboxylic acids is 1. The van der Waals surface area contributed by atoms with Crippen LogP contribution in [0.3, 0.4) is 0 Å². The molecule has 0 aromatic heterocycles. The molecule has 0 spiro atoms. The number of hydrogen-bond acceptors (Lipinski definition) is 4. The molecular formula is C21H27N3O3. The zero-order chi connectivity index (χ0) is 19.2. The molecule has 2 unspecified atom stereocenters. The van der Waals surface area contributed by atoms with E-state index in [1.807, 2.05) is 48.5 Å². The van der Waals surface area contributed by atoms with Crippen LogP contribution in [0.15, 0.2) is 48.5 Å². The summed E-state index contributed by atoms with van der Waals surface area (Å²) in [5, 5.41) is 5.72. The molecule has 1 fully saturated rings.